The Kier molecular flexibility index (Phi) is 6.07. The van der Waals surface area contributed by atoms with E-state index in [4.69, 9.17) is 9.25 Å². The maximum atomic E-state index is 12.6. The molecule has 0 bridgehead atoms. The topological polar surface area (TPSA) is 97.5 Å². The van der Waals surface area contributed by atoms with E-state index in [0.717, 1.165) is 44.2 Å². The second-order valence-corrected chi connectivity index (χ2v) is 7.68. The predicted octanol–water partition coefficient (Wildman–Crippen LogP) is 4.31. The van der Waals surface area contributed by atoms with Gasteiger partial charge in [0.15, 0.2) is 0 Å². The Balaban J connectivity index is 1.49. The summed E-state index contributed by atoms with van der Waals surface area (Å²) in [7, 11) is 0. The van der Waals surface area contributed by atoms with E-state index < -0.39 is 11.2 Å². The molecule has 0 atom stereocenters. The van der Waals surface area contributed by atoms with Gasteiger partial charge in [0.05, 0.1) is 5.71 Å². The number of aromatic amines is 1. The van der Waals surface area contributed by atoms with Gasteiger partial charge in [-0.25, -0.2) is 4.79 Å². The molecule has 1 fully saturated rings. The lowest BCUT2D eigenvalue weighted by atomic mass is 9.83. The van der Waals surface area contributed by atoms with Crippen LogP contribution < -0.4 is 16.0 Å². The van der Waals surface area contributed by atoms with E-state index in [1.54, 1.807) is 0 Å². The highest BCUT2D eigenvalue weighted by molar-refractivity contribution is 5.85. The van der Waals surface area contributed by atoms with Crippen molar-refractivity contribution in [3.8, 4) is 6.01 Å². The van der Waals surface area contributed by atoms with Crippen molar-refractivity contribution in [2.75, 3.05) is 0 Å². The number of aryl methyl sites for hydroxylation is 1. The highest BCUT2D eigenvalue weighted by Gasteiger charge is 2.20. The molecule has 2 heterocycles. The average molecular weight is 407 g/mol. The number of hydrogen-bond donors (Lipinski definition) is 1. The van der Waals surface area contributed by atoms with E-state index in [1.165, 1.54) is 11.6 Å². The standard InChI is InChI=1S/C23H25N3O4/c1-2-3-7-17-14-19(27)29-22-20(17)21(28)24-23(25-22)30-26-18-12-10-16(11-13-18)15-8-5-4-6-9-15/h4-6,8-9,14,16H,2-3,7,10-13H2,1H3,(H,24,25,28). The lowest BCUT2D eigenvalue weighted by Crippen LogP contribution is -2.16. The number of nitrogens with one attached hydrogen (secondary N) is 1. The summed E-state index contributed by atoms with van der Waals surface area (Å²) in [6, 6.07) is 11.8. The van der Waals surface area contributed by atoms with Crippen molar-refractivity contribution in [1.29, 1.82) is 0 Å². The molecular formula is C23H25N3O4. The number of fused-ring (bicyclic) bond motifs is 1. The third kappa shape index (κ3) is 4.50. The fourth-order valence-electron chi connectivity index (χ4n) is 3.95. The second kappa shape index (κ2) is 9.07. The van der Waals surface area contributed by atoms with Gasteiger partial charge in [-0.1, -0.05) is 48.8 Å². The molecule has 1 aromatic carbocycles. The van der Waals surface area contributed by atoms with Gasteiger partial charge in [-0.2, -0.15) is 4.98 Å². The first kappa shape index (κ1) is 20.1. The van der Waals surface area contributed by atoms with Crippen LogP contribution in [-0.2, 0) is 6.42 Å². The lowest BCUT2D eigenvalue weighted by molar-refractivity contribution is 0.306. The van der Waals surface area contributed by atoms with E-state index >= 15 is 0 Å². The quantitative estimate of drug-likeness (QED) is 0.614. The zero-order chi connectivity index (χ0) is 20.9. The number of benzene rings is 1. The number of oxime groups is 1. The smallest absolute Gasteiger partial charge is 0.337 e. The van der Waals surface area contributed by atoms with Gasteiger partial charge in [0, 0.05) is 6.07 Å². The Morgan fingerprint density at radius 1 is 1.20 bits per heavy atom. The van der Waals surface area contributed by atoms with Gasteiger partial charge in [-0.05, 0) is 55.6 Å². The molecule has 4 rings (SSSR count). The van der Waals surface area contributed by atoms with Crippen molar-refractivity contribution in [3.05, 3.63) is 68.3 Å². The van der Waals surface area contributed by atoms with Gasteiger partial charge in [0.25, 0.3) is 5.56 Å². The molecule has 7 heteroatoms. The Bertz CT molecular complexity index is 1150. The molecule has 7 nitrogen and oxygen atoms in total. The van der Waals surface area contributed by atoms with Gasteiger partial charge in [0.2, 0.25) is 5.71 Å². The monoisotopic (exact) mass is 407 g/mol. The molecule has 0 unspecified atom stereocenters. The van der Waals surface area contributed by atoms with Crippen LogP contribution in [0.5, 0.6) is 6.01 Å². The van der Waals surface area contributed by atoms with Crippen LogP contribution in [0.1, 0.15) is 62.5 Å². The predicted molar refractivity (Wildman–Crippen MR) is 115 cm³/mol. The number of unbranched alkanes of at least 4 members (excludes halogenated alkanes) is 1. The Morgan fingerprint density at radius 2 is 1.97 bits per heavy atom. The summed E-state index contributed by atoms with van der Waals surface area (Å²) in [6.07, 6.45) is 6.10. The summed E-state index contributed by atoms with van der Waals surface area (Å²) in [4.78, 5) is 36.6. The summed E-state index contributed by atoms with van der Waals surface area (Å²) >= 11 is 0. The number of nitrogens with zero attached hydrogens (tertiary/aromatic N) is 2. The zero-order valence-electron chi connectivity index (χ0n) is 17.0. The van der Waals surface area contributed by atoms with E-state index in [-0.39, 0.29) is 11.7 Å². The first-order chi connectivity index (χ1) is 14.6. The first-order valence-corrected chi connectivity index (χ1v) is 10.5. The number of hydrogen-bond acceptors (Lipinski definition) is 6. The van der Waals surface area contributed by atoms with Crippen LogP contribution >= 0.6 is 0 Å². The molecule has 1 N–H and O–H groups in total. The molecule has 0 aliphatic heterocycles. The molecule has 0 amide bonds. The Labute approximate surface area is 173 Å². The van der Waals surface area contributed by atoms with Crippen LogP contribution in [0.4, 0.5) is 0 Å². The maximum absolute atomic E-state index is 12.6. The molecule has 0 radical (unpaired) electrons. The highest BCUT2D eigenvalue weighted by Crippen LogP contribution is 2.31. The van der Waals surface area contributed by atoms with Crippen LogP contribution in [0.3, 0.4) is 0 Å². The Hall–Kier alpha value is -3.22. The SMILES string of the molecule is CCCCc1cc(=O)oc2nc(ON=C3CCC(c4ccccc4)CC3)[nH]c(=O)c12. The van der Waals surface area contributed by atoms with Crippen molar-refractivity contribution in [2.24, 2.45) is 5.16 Å². The summed E-state index contributed by atoms with van der Waals surface area (Å²) < 4.78 is 5.14. The highest BCUT2D eigenvalue weighted by atomic mass is 16.6. The summed E-state index contributed by atoms with van der Waals surface area (Å²) in [5, 5.41) is 4.49. The van der Waals surface area contributed by atoms with Gasteiger partial charge in [0.1, 0.15) is 5.39 Å². The van der Waals surface area contributed by atoms with Crippen molar-refractivity contribution in [1.82, 2.24) is 9.97 Å². The van der Waals surface area contributed by atoms with Crippen LogP contribution in [0, 0.1) is 0 Å². The van der Waals surface area contributed by atoms with Crippen molar-refractivity contribution >= 4 is 16.8 Å². The maximum Gasteiger partial charge on any atom is 0.337 e. The summed E-state index contributed by atoms with van der Waals surface area (Å²) in [5.41, 5.74) is 2.00. The van der Waals surface area contributed by atoms with Crippen molar-refractivity contribution in [2.45, 2.75) is 57.8 Å². The molecule has 156 valence electrons. The minimum Gasteiger partial charge on any atom is -0.403 e. The van der Waals surface area contributed by atoms with E-state index in [1.807, 2.05) is 6.07 Å². The minimum atomic E-state index is -0.525. The molecule has 3 aromatic rings. The largest absolute Gasteiger partial charge is 0.403 e. The van der Waals surface area contributed by atoms with Crippen molar-refractivity contribution < 1.29 is 9.25 Å². The van der Waals surface area contributed by atoms with Crippen LogP contribution in [0.2, 0.25) is 0 Å². The third-order valence-corrected chi connectivity index (χ3v) is 5.57. The van der Waals surface area contributed by atoms with Gasteiger partial charge >= 0.3 is 11.6 Å². The molecule has 1 aliphatic carbocycles. The summed E-state index contributed by atoms with van der Waals surface area (Å²) in [6.45, 7) is 2.05. The van der Waals surface area contributed by atoms with E-state index in [2.05, 4.69) is 46.3 Å². The van der Waals surface area contributed by atoms with E-state index in [0.29, 0.717) is 23.3 Å². The molecular weight excluding hydrogens is 382 g/mol. The molecule has 30 heavy (non-hydrogen) atoms. The number of aromatic nitrogens is 2. The van der Waals surface area contributed by atoms with Crippen LogP contribution in [-0.4, -0.2) is 15.7 Å². The summed E-state index contributed by atoms with van der Waals surface area (Å²) in [5.74, 6) is 0.527. The van der Waals surface area contributed by atoms with Crippen LogP contribution in [0.15, 0.2) is 55.6 Å². The molecule has 1 saturated carbocycles. The normalized spacial score (nSPS) is 16.6. The molecule has 1 aliphatic rings. The lowest BCUT2D eigenvalue weighted by Gasteiger charge is -2.22. The second-order valence-electron chi connectivity index (χ2n) is 7.68. The van der Waals surface area contributed by atoms with Crippen LogP contribution in [0.25, 0.3) is 11.1 Å². The molecule has 0 saturated heterocycles. The van der Waals surface area contributed by atoms with Gasteiger partial charge < -0.3 is 9.25 Å². The van der Waals surface area contributed by atoms with Gasteiger partial charge in [-0.15, -0.1) is 0 Å². The zero-order valence-corrected chi connectivity index (χ0v) is 17.0. The average Bonchev–Trinajstić information content (AvgIpc) is 2.76. The van der Waals surface area contributed by atoms with Crippen molar-refractivity contribution in [3.63, 3.8) is 0 Å². The third-order valence-electron chi connectivity index (χ3n) is 5.57. The first-order valence-electron chi connectivity index (χ1n) is 10.5. The molecule has 2 aromatic heterocycles. The fraction of sp³-hybridized carbons (Fsp3) is 0.391. The van der Waals surface area contributed by atoms with E-state index in [9.17, 15) is 9.59 Å². The molecule has 0 spiro atoms. The Morgan fingerprint density at radius 3 is 2.70 bits per heavy atom. The fourth-order valence-corrected chi connectivity index (χ4v) is 3.95. The van der Waals surface area contributed by atoms with Gasteiger partial charge in [-0.3, -0.25) is 9.78 Å². The minimum absolute atomic E-state index is 0.0136. The number of rotatable bonds is 6. The number of H-pyrrole nitrogens is 1.